The van der Waals surface area contributed by atoms with Crippen LogP contribution in [0.5, 0.6) is 0 Å². The molecule has 1 aromatic carbocycles. The van der Waals surface area contributed by atoms with Crippen LogP contribution in [0.15, 0.2) is 18.2 Å². The number of likely N-dealkylation sites (tertiary alicyclic amines) is 1. The van der Waals surface area contributed by atoms with Crippen molar-refractivity contribution in [1.82, 2.24) is 21.0 Å². The van der Waals surface area contributed by atoms with E-state index in [1.54, 1.807) is 0 Å². The normalized spacial score (nSPS) is 32.4. The van der Waals surface area contributed by atoms with E-state index in [2.05, 4.69) is 29.8 Å². The Morgan fingerprint density at radius 3 is 2.45 bits per heavy atom. The van der Waals surface area contributed by atoms with Gasteiger partial charge in [0.25, 0.3) is 5.91 Å². The molecule has 6 rings (SSSR count). The topological polar surface area (TPSA) is 140 Å². The molecule has 0 radical (unpaired) electrons. The molecule has 3 atom stereocenters. The van der Waals surface area contributed by atoms with Gasteiger partial charge >= 0.3 is 6.03 Å². The minimum atomic E-state index is -0.695. The molecule has 218 valence electrons. The van der Waals surface area contributed by atoms with E-state index in [1.165, 1.54) is 41.8 Å². The van der Waals surface area contributed by atoms with E-state index < -0.39 is 23.7 Å². The van der Waals surface area contributed by atoms with Crippen molar-refractivity contribution in [3.8, 4) is 0 Å². The van der Waals surface area contributed by atoms with Crippen LogP contribution < -0.4 is 21.4 Å². The second-order valence-electron chi connectivity index (χ2n) is 13.4. The lowest BCUT2D eigenvalue weighted by Gasteiger charge is -2.65. The van der Waals surface area contributed by atoms with Crippen molar-refractivity contribution in [2.75, 3.05) is 25.0 Å². The van der Waals surface area contributed by atoms with Crippen LogP contribution in [0.2, 0.25) is 0 Å². The molecule has 5 N–H and O–H groups in total. The predicted molar refractivity (Wildman–Crippen MR) is 145 cm³/mol. The quantitative estimate of drug-likeness (QED) is 0.258. The second kappa shape index (κ2) is 10.6. The summed E-state index contributed by atoms with van der Waals surface area (Å²) in [4.78, 5) is 51.3. The summed E-state index contributed by atoms with van der Waals surface area (Å²) in [5.41, 5.74) is 1.88. The molecule has 11 heteroatoms. The van der Waals surface area contributed by atoms with Crippen LogP contribution in [-0.2, 0) is 9.59 Å². The van der Waals surface area contributed by atoms with Gasteiger partial charge in [0, 0.05) is 37.2 Å². The molecule has 5 amide bonds. The lowest BCUT2D eigenvalue weighted by atomic mass is 9.43. The molecule has 4 bridgehead atoms. The van der Waals surface area contributed by atoms with E-state index in [0.29, 0.717) is 25.3 Å². The highest BCUT2D eigenvalue weighted by molar-refractivity contribution is 5.96. The number of nitrogens with one attached hydrogen (secondary N) is 4. The first-order chi connectivity index (χ1) is 18.9. The molecule has 1 heterocycles. The Balaban J connectivity index is 1.17. The summed E-state index contributed by atoms with van der Waals surface area (Å²) in [6.07, 6.45) is 7.62. The minimum Gasteiger partial charge on any atom is -0.355 e. The van der Waals surface area contributed by atoms with Crippen LogP contribution >= 0.6 is 0 Å². The average molecular weight is 558 g/mol. The Kier molecular flexibility index (Phi) is 7.54. The van der Waals surface area contributed by atoms with Crippen molar-refractivity contribution in [3.05, 3.63) is 29.6 Å². The van der Waals surface area contributed by atoms with E-state index in [9.17, 15) is 19.2 Å². The van der Waals surface area contributed by atoms with Gasteiger partial charge in [-0.2, -0.15) is 0 Å². The highest BCUT2D eigenvalue weighted by Gasteiger charge is 2.60. The molecule has 0 aromatic heterocycles. The number of rotatable bonds is 7. The Labute approximate surface area is 233 Å². The van der Waals surface area contributed by atoms with Crippen LogP contribution in [0.3, 0.4) is 0 Å². The Bertz CT molecular complexity index is 1190. The van der Waals surface area contributed by atoms with Gasteiger partial charge in [0.2, 0.25) is 11.8 Å². The van der Waals surface area contributed by atoms with Gasteiger partial charge in [-0.3, -0.25) is 19.6 Å². The average Bonchev–Trinajstić information content (AvgIpc) is 2.86. The number of hydrogen-bond acceptors (Lipinski definition) is 5. The van der Waals surface area contributed by atoms with E-state index >= 15 is 4.39 Å². The summed E-state index contributed by atoms with van der Waals surface area (Å²) < 4.78 is 15.1. The predicted octanol–water partition coefficient (Wildman–Crippen LogP) is 3.56. The summed E-state index contributed by atoms with van der Waals surface area (Å²) in [5, 5.41) is 17.1. The number of amides is 5. The third-order valence-corrected chi connectivity index (χ3v) is 9.32. The summed E-state index contributed by atoms with van der Waals surface area (Å²) in [7, 11) is 0. The Morgan fingerprint density at radius 2 is 1.80 bits per heavy atom. The number of halogens is 1. The largest absolute Gasteiger partial charge is 0.355 e. The first-order valence-electron chi connectivity index (χ1n) is 14.3. The number of anilines is 1. The highest BCUT2D eigenvalue weighted by atomic mass is 19.1. The van der Waals surface area contributed by atoms with Crippen molar-refractivity contribution in [2.24, 2.45) is 22.7 Å². The molecular weight excluding hydrogens is 517 g/mol. The van der Waals surface area contributed by atoms with Crippen molar-refractivity contribution >= 4 is 29.4 Å². The maximum absolute atomic E-state index is 15.1. The maximum atomic E-state index is 15.1. The first kappa shape index (κ1) is 28.3. The van der Waals surface area contributed by atoms with E-state index in [0.717, 1.165) is 25.3 Å². The van der Waals surface area contributed by atoms with Crippen LogP contribution in [0.4, 0.5) is 14.9 Å². The molecule has 10 nitrogen and oxygen atoms in total. The Hall–Kier alpha value is -3.21. The first-order valence-corrected chi connectivity index (χ1v) is 14.3. The molecule has 1 aliphatic heterocycles. The SMILES string of the molecule is CC12CC3CC(C)(C1)CC(NC(=O)Nc1ccc(C(=O)N4CCC[C@H](C(=O)NCCC(=O)NO)C4)cc1F)(C3)C2. The van der Waals surface area contributed by atoms with Gasteiger partial charge in [-0.1, -0.05) is 13.8 Å². The monoisotopic (exact) mass is 557 g/mol. The standard InChI is InChI=1S/C29H40FN5O5/c1-27-11-18-12-28(2,15-27)17-29(13-18,16-27)33-26(39)32-22-6-5-19(10-21(22)30)25(38)35-9-3-4-20(14-35)24(37)31-8-7-23(36)34-40/h5-6,10,18,20,40H,3-4,7-9,11-17H2,1-2H3,(H,31,37)(H,34,36)(H2,32,33,39)/t18?,20-,27?,28?,29?/m0/s1. The molecule has 2 unspecified atom stereocenters. The van der Waals surface area contributed by atoms with Gasteiger partial charge in [0.1, 0.15) is 5.82 Å². The number of hydrogen-bond donors (Lipinski definition) is 5. The molecule has 0 spiro atoms. The minimum absolute atomic E-state index is 0.0130. The van der Waals surface area contributed by atoms with Crippen molar-refractivity contribution in [2.45, 2.75) is 77.2 Å². The zero-order valence-electron chi connectivity index (χ0n) is 23.3. The lowest BCUT2D eigenvalue weighted by Crippen LogP contribution is -2.65. The fourth-order valence-corrected chi connectivity index (χ4v) is 8.79. The van der Waals surface area contributed by atoms with Gasteiger partial charge in [0.05, 0.1) is 11.6 Å². The number of urea groups is 1. The van der Waals surface area contributed by atoms with Gasteiger partial charge in [-0.25, -0.2) is 14.7 Å². The number of hydroxylamine groups is 1. The fourth-order valence-electron chi connectivity index (χ4n) is 8.79. The zero-order chi connectivity index (χ0) is 28.7. The lowest BCUT2D eigenvalue weighted by molar-refractivity contribution is -0.129. The van der Waals surface area contributed by atoms with Gasteiger partial charge in [0.15, 0.2) is 0 Å². The van der Waals surface area contributed by atoms with Crippen LogP contribution in [-0.4, -0.2) is 59.0 Å². The Morgan fingerprint density at radius 1 is 1.07 bits per heavy atom. The van der Waals surface area contributed by atoms with Crippen LogP contribution in [0.25, 0.3) is 0 Å². The van der Waals surface area contributed by atoms with Gasteiger partial charge in [-0.15, -0.1) is 0 Å². The third kappa shape index (κ3) is 5.94. The van der Waals surface area contributed by atoms with E-state index in [-0.39, 0.29) is 58.9 Å². The fraction of sp³-hybridized carbons (Fsp3) is 0.655. The molecule has 1 saturated heterocycles. The molecular formula is C29H40FN5O5. The maximum Gasteiger partial charge on any atom is 0.319 e. The van der Waals surface area contributed by atoms with Crippen LogP contribution in [0, 0.1) is 28.5 Å². The molecule has 1 aromatic rings. The van der Waals surface area contributed by atoms with Gasteiger partial charge in [-0.05, 0) is 86.3 Å². The second-order valence-corrected chi connectivity index (χ2v) is 13.4. The number of carbonyl (C=O) groups is 4. The number of nitrogens with zero attached hydrogens (tertiary/aromatic N) is 1. The summed E-state index contributed by atoms with van der Waals surface area (Å²) in [6.45, 7) is 5.36. The third-order valence-electron chi connectivity index (χ3n) is 9.32. The molecule has 5 aliphatic rings. The van der Waals surface area contributed by atoms with Gasteiger partial charge < -0.3 is 20.9 Å². The number of piperidine rings is 1. The van der Waals surface area contributed by atoms with Crippen LogP contribution in [0.1, 0.15) is 82.0 Å². The molecule has 4 saturated carbocycles. The molecule has 5 fully saturated rings. The number of carbonyl (C=O) groups excluding carboxylic acids is 4. The summed E-state index contributed by atoms with van der Waals surface area (Å²) in [5.74, 6) is -1.79. The smallest absolute Gasteiger partial charge is 0.319 e. The van der Waals surface area contributed by atoms with E-state index in [4.69, 9.17) is 5.21 Å². The molecule has 4 aliphatic carbocycles. The summed E-state index contributed by atoms with van der Waals surface area (Å²) >= 11 is 0. The van der Waals surface area contributed by atoms with Crippen molar-refractivity contribution < 1.29 is 28.8 Å². The number of benzene rings is 1. The van der Waals surface area contributed by atoms with Crippen molar-refractivity contribution in [3.63, 3.8) is 0 Å². The zero-order valence-corrected chi connectivity index (χ0v) is 23.3. The van der Waals surface area contributed by atoms with Crippen molar-refractivity contribution in [1.29, 1.82) is 0 Å². The summed E-state index contributed by atoms with van der Waals surface area (Å²) in [6, 6.07) is 3.60. The highest BCUT2D eigenvalue weighted by Crippen LogP contribution is 2.66. The van der Waals surface area contributed by atoms with E-state index in [1.807, 2.05) is 0 Å². The molecule has 40 heavy (non-hydrogen) atoms.